The Balaban J connectivity index is 0.00000182. The zero-order chi connectivity index (χ0) is 16.7. The fraction of sp³-hybridized carbons (Fsp3) is 0.588. The number of piperazine rings is 1. The molecule has 0 bridgehead atoms. The van der Waals surface area contributed by atoms with Crippen LogP contribution in [0.1, 0.15) is 25.3 Å². The molecule has 1 aromatic carbocycles. The van der Waals surface area contributed by atoms with Crippen LogP contribution in [-0.4, -0.2) is 49.1 Å². The van der Waals surface area contributed by atoms with E-state index in [4.69, 9.17) is 4.74 Å². The molecule has 3 aliphatic heterocycles. The van der Waals surface area contributed by atoms with Crippen LogP contribution in [0.25, 0.3) is 0 Å². The molecule has 0 saturated carbocycles. The molecule has 1 saturated heterocycles. The average molecular weight is 371 g/mol. The molecule has 6 nitrogen and oxygen atoms in total. The number of hydrogen-bond donors (Lipinski definition) is 3. The Labute approximate surface area is 152 Å². The topological polar surface area (TPSA) is 65.6 Å². The highest BCUT2D eigenvalue weighted by molar-refractivity contribution is 6.03. The molecular formula is C17H24ClFN4O2. The van der Waals surface area contributed by atoms with E-state index in [1.165, 1.54) is 0 Å². The monoisotopic (exact) mass is 370 g/mol. The van der Waals surface area contributed by atoms with Gasteiger partial charge in [-0.25, -0.2) is 4.39 Å². The predicted molar refractivity (Wildman–Crippen MR) is 97.2 cm³/mol. The first-order valence-electron chi connectivity index (χ1n) is 8.67. The fourth-order valence-electron chi connectivity index (χ4n) is 3.73. The maximum absolute atomic E-state index is 15.1. The molecule has 1 amide bonds. The molecule has 1 unspecified atom stereocenters. The van der Waals surface area contributed by atoms with E-state index in [9.17, 15) is 4.79 Å². The highest BCUT2D eigenvalue weighted by Crippen LogP contribution is 2.39. The van der Waals surface area contributed by atoms with E-state index in [-0.39, 0.29) is 35.9 Å². The Kier molecular flexibility index (Phi) is 5.36. The maximum Gasteiger partial charge on any atom is 0.246 e. The number of carbonyl (C=O) groups is 1. The lowest BCUT2D eigenvalue weighted by atomic mass is 10.0. The number of hydrogen-bond acceptors (Lipinski definition) is 5. The van der Waals surface area contributed by atoms with E-state index < -0.39 is 0 Å². The number of fused-ring (bicyclic) bond motifs is 3. The number of rotatable bonds is 1. The molecule has 0 spiro atoms. The van der Waals surface area contributed by atoms with Crippen molar-refractivity contribution in [2.45, 2.75) is 38.4 Å². The summed E-state index contributed by atoms with van der Waals surface area (Å²) in [7, 11) is 0. The molecule has 1 aromatic rings. The third kappa shape index (κ3) is 3.28. The molecule has 25 heavy (non-hydrogen) atoms. The van der Waals surface area contributed by atoms with Gasteiger partial charge in [-0.2, -0.15) is 0 Å². The highest BCUT2D eigenvalue weighted by atomic mass is 35.5. The largest absolute Gasteiger partial charge is 0.493 e. The number of nitrogens with one attached hydrogen (secondary N) is 3. The first-order chi connectivity index (χ1) is 11.7. The number of carbonyl (C=O) groups excluding carboxylic acids is 1. The van der Waals surface area contributed by atoms with Crippen molar-refractivity contribution in [3.8, 4) is 5.75 Å². The van der Waals surface area contributed by atoms with Crippen LogP contribution in [0.5, 0.6) is 5.75 Å². The van der Waals surface area contributed by atoms with Crippen molar-refractivity contribution in [2.24, 2.45) is 0 Å². The zero-order valence-corrected chi connectivity index (χ0v) is 15.0. The Hall–Kier alpha value is -1.57. The number of ether oxygens (including phenoxy) is 1. The molecule has 0 radical (unpaired) electrons. The smallest absolute Gasteiger partial charge is 0.246 e. The summed E-state index contributed by atoms with van der Waals surface area (Å²) in [6.45, 7) is 5.71. The number of halogens is 2. The van der Waals surface area contributed by atoms with Crippen LogP contribution in [0.15, 0.2) is 6.07 Å². The highest BCUT2D eigenvalue weighted by Gasteiger charge is 2.32. The van der Waals surface area contributed by atoms with Crippen LogP contribution in [0.4, 0.5) is 15.8 Å². The van der Waals surface area contributed by atoms with Gasteiger partial charge >= 0.3 is 0 Å². The van der Waals surface area contributed by atoms with Gasteiger partial charge in [0.1, 0.15) is 17.5 Å². The minimum absolute atomic E-state index is 0. The van der Waals surface area contributed by atoms with E-state index in [0.717, 1.165) is 26.1 Å². The predicted octanol–water partition coefficient (Wildman–Crippen LogP) is 1.95. The first-order valence-corrected chi connectivity index (χ1v) is 8.67. The summed E-state index contributed by atoms with van der Waals surface area (Å²) in [6, 6.07) is 1.86. The summed E-state index contributed by atoms with van der Waals surface area (Å²) in [4.78, 5) is 14.4. The van der Waals surface area contributed by atoms with Crippen LogP contribution in [-0.2, 0) is 11.3 Å². The van der Waals surface area contributed by atoms with Crippen LogP contribution in [0.3, 0.4) is 0 Å². The molecule has 8 heteroatoms. The minimum atomic E-state index is -0.378. The van der Waals surface area contributed by atoms with Gasteiger partial charge in [0.2, 0.25) is 5.91 Å². The van der Waals surface area contributed by atoms with Crippen molar-refractivity contribution in [3.63, 3.8) is 0 Å². The van der Waals surface area contributed by atoms with E-state index in [2.05, 4.69) is 20.9 Å². The van der Waals surface area contributed by atoms with E-state index in [1.807, 2.05) is 13.0 Å². The number of nitrogens with zero attached hydrogens (tertiary/aromatic N) is 1. The molecule has 4 rings (SSSR count). The number of benzene rings is 1. The molecule has 3 N–H and O–H groups in total. The van der Waals surface area contributed by atoms with Crippen molar-refractivity contribution in [3.05, 3.63) is 17.4 Å². The summed E-state index contributed by atoms with van der Waals surface area (Å²) in [5.41, 5.74) is 1.40. The normalized spacial score (nSPS) is 25.6. The second kappa shape index (κ2) is 7.35. The van der Waals surface area contributed by atoms with Crippen molar-refractivity contribution < 1.29 is 13.9 Å². The van der Waals surface area contributed by atoms with Crippen molar-refractivity contribution in [1.29, 1.82) is 0 Å². The minimum Gasteiger partial charge on any atom is -0.493 e. The standard InChI is InChI=1S/C17H23FN4O2.ClH/c1-2-12-17(23)21-16-13(20-12)7-14-11(15(16)18)9-22-5-4-19-8-10(22)3-6-24-14;/h7,10,12,19-20H,2-6,8-9H2,1H3,(H,21,23);1H/t10-,12?;/m0./s1. The molecule has 3 heterocycles. The molecule has 138 valence electrons. The van der Waals surface area contributed by atoms with Gasteiger partial charge in [-0.3, -0.25) is 9.69 Å². The van der Waals surface area contributed by atoms with Crippen molar-refractivity contribution in [1.82, 2.24) is 10.2 Å². The number of anilines is 2. The van der Waals surface area contributed by atoms with Crippen LogP contribution in [0.2, 0.25) is 0 Å². The Morgan fingerprint density at radius 2 is 2.28 bits per heavy atom. The molecule has 2 atom stereocenters. The second-order valence-corrected chi connectivity index (χ2v) is 6.65. The van der Waals surface area contributed by atoms with Gasteiger partial charge in [0.25, 0.3) is 0 Å². The third-order valence-electron chi connectivity index (χ3n) is 5.17. The van der Waals surface area contributed by atoms with Gasteiger partial charge in [-0.15, -0.1) is 12.4 Å². The lowest BCUT2D eigenvalue weighted by molar-refractivity contribution is -0.117. The van der Waals surface area contributed by atoms with Crippen LogP contribution >= 0.6 is 12.4 Å². The second-order valence-electron chi connectivity index (χ2n) is 6.65. The molecule has 0 aliphatic carbocycles. The van der Waals surface area contributed by atoms with E-state index >= 15 is 4.39 Å². The van der Waals surface area contributed by atoms with Gasteiger partial charge in [-0.05, 0) is 12.8 Å². The summed E-state index contributed by atoms with van der Waals surface area (Å²) in [5, 5.41) is 9.23. The number of amides is 1. The summed E-state index contributed by atoms with van der Waals surface area (Å²) < 4.78 is 21.0. The van der Waals surface area contributed by atoms with Crippen LogP contribution < -0.4 is 20.7 Å². The molecule has 0 aromatic heterocycles. The zero-order valence-electron chi connectivity index (χ0n) is 14.2. The maximum atomic E-state index is 15.1. The van der Waals surface area contributed by atoms with E-state index in [0.29, 0.717) is 42.6 Å². The Bertz CT molecular complexity index is 673. The first kappa shape index (κ1) is 18.2. The Morgan fingerprint density at radius 3 is 3.08 bits per heavy atom. The molecular weight excluding hydrogens is 347 g/mol. The van der Waals surface area contributed by atoms with Crippen LogP contribution in [0, 0.1) is 5.82 Å². The van der Waals surface area contributed by atoms with Gasteiger partial charge in [0, 0.05) is 43.9 Å². The van der Waals surface area contributed by atoms with E-state index in [1.54, 1.807) is 0 Å². The van der Waals surface area contributed by atoms with Gasteiger partial charge in [0.15, 0.2) is 5.82 Å². The summed E-state index contributed by atoms with van der Waals surface area (Å²) >= 11 is 0. The fourth-order valence-corrected chi connectivity index (χ4v) is 3.73. The summed E-state index contributed by atoms with van der Waals surface area (Å²) in [6.07, 6.45) is 1.57. The van der Waals surface area contributed by atoms with Crippen molar-refractivity contribution in [2.75, 3.05) is 36.9 Å². The lowest BCUT2D eigenvalue weighted by Gasteiger charge is -2.38. The average Bonchev–Trinajstić information content (AvgIpc) is 2.57. The van der Waals surface area contributed by atoms with Gasteiger partial charge in [-0.1, -0.05) is 6.92 Å². The van der Waals surface area contributed by atoms with Gasteiger partial charge in [0.05, 0.1) is 12.3 Å². The van der Waals surface area contributed by atoms with Gasteiger partial charge < -0.3 is 20.7 Å². The van der Waals surface area contributed by atoms with Crippen molar-refractivity contribution >= 4 is 29.7 Å². The SMILES string of the molecule is CCC1Nc2cc3c(c(F)c2NC1=O)CN1CCNC[C@@H]1CCO3.Cl. The molecule has 3 aliphatic rings. The summed E-state index contributed by atoms with van der Waals surface area (Å²) in [5.74, 6) is 0.0227. The lowest BCUT2D eigenvalue weighted by Crippen LogP contribution is -2.51. The third-order valence-corrected chi connectivity index (χ3v) is 5.17. The Morgan fingerprint density at radius 1 is 1.44 bits per heavy atom. The quantitative estimate of drug-likeness (QED) is 0.705. The molecule has 1 fully saturated rings.